The Bertz CT molecular complexity index is 819. The van der Waals surface area contributed by atoms with E-state index in [2.05, 4.69) is 10.1 Å². The number of imidazole rings is 1. The molecule has 0 atom stereocenters. The monoisotopic (exact) mass is 342 g/mol. The second kappa shape index (κ2) is 5.52. The van der Waals surface area contributed by atoms with Gasteiger partial charge in [0.2, 0.25) is 0 Å². The first kappa shape index (κ1) is 14.7. The number of hydrogen-bond acceptors (Lipinski definition) is 2. The molecule has 3 aromatic rings. The topological polar surface area (TPSA) is 35.6 Å². The van der Waals surface area contributed by atoms with E-state index in [1.807, 2.05) is 29.2 Å². The predicted molar refractivity (Wildman–Crippen MR) is 86.8 cm³/mol. The van der Waals surface area contributed by atoms with Crippen LogP contribution in [0.1, 0.15) is 18.4 Å². The van der Waals surface area contributed by atoms with Crippen molar-refractivity contribution >= 4 is 46.0 Å². The molecule has 1 aromatic carbocycles. The zero-order valence-electron chi connectivity index (χ0n) is 11.6. The fraction of sp³-hybridized carbons (Fsp3) is 0.286. The van der Waals surface area contributed by atoms with Crippen LogP contribution in [0.3, 0.4) is 0 Å². The van der Waals surface area contributed by atoms with E-state index < -0.39 is 0 Å². The van der Waals surface area contributed by atoms with Gasteiger partial charge in [-0.05, 0) is 32.0 Å². The van der Waals surface area contributed by atoms with Crippen molar-refractivity contribution in [3.63, 3.8) is 0 Å². The summed E-state index contributed by atoms with van der Waals surface area (Å²) < 4.78 is 3.85. The molecule has 2 aromatic heterocycles. The lowest BCUT2D eigenvalue weighted by Crippen LogP contribution is -2.06. The van der Waals surface area contributed by atoms with Crippen LogP contribution in [0, 0.1) is 6.92 Å². The summed E-state index contributed by atoms with van der Waals surface area (Å²) in [4.78, 5) is 4.60. The molecule has 0 radical (unpaired) electrons. The van der Waals surface area contributed by atoms with Crippen molar-refractivity contribution in [1.82, 2.24) is 19.3 Å². The smallest absolute Gasteiger partial charge is 0.163 e. The zero-order valence-corrected chi connectivity index (χ0v) is 13.8. The van der Waals surface area contributed by atoms with E-state index in [-0.39, 0.29) is 5.88 Å². The van der Waals surface area contributed by atoms with Crippen molar-refractivity contribution in [2.75, 3.05) is 0 Å². The van der Waals surface area contributed by atoms with Gasteiger partial charge < -0.3 is 0 Å². The van der Waals surface area contributed by atoms with Gasteiger partial charge in [-0.25, -0.2) is 9.67 Å². The minimum absolute atomic E-state index is 0.288. The fourth-order valence-electron chi connectivity index (χ4n) is 2.44. The van der Waals surface area contributed by atoms with Gasteiger partial charge in [-0.1, -0.05) is 23.2 Å². The highest BCUT2D eigenvalue weighted by Crippen LogP contribution is 2.30. The van der Waals surface area contributed by atoms with Gasteiger partial charge in [-0.2, -0.15) is 5.10 Å². The molecule has 0 aliphatic carbocycles. The Morgan fingerprint density at radius 3 is 2.62 bits per heavy atom. The highest BCUT2D eigenvalue weighted by atomic mass is 35.5. The molecular formula is C14H13Cl3N4. The number of halogens is 3. The average molecular weight is 344 g/mol. The number of hydrogen-bond donors (Lipinski definition) is 0. The minimum atomic E-state index is 0.288. The molecule has 110 valence electrons. The van der Waals surface area contributed by atoms with Crippen LogP contribution in [-0.4, -0.2) is 19.3 Å². The maximum atomic E-state index is 6.35. The Morgan fingerprint density at radius 2 is 2.00 bits per heavy atom. The fourth-order valence-corrected chi connectivity index (χ4v) is 3.11. The summed E-state index contributed by atoms with van der Waals surface area (Å²) in [6.45, 7) is 4.71. The normalized spacial score (nSPS) is 11.5. The van der Waals surface area contributed by atoms with E-state index in [0.717, 1.165) is 34.9 Å². The summed E-state index contributed by atoms with van der Waals surface area (Å²) in [5.41, 5.74) is 3.42. The second-order valence-corrected chi connectivity index (χ2v) is 5.78. The molecule has 4 nitrogen and oxygen atoms in total. The number of nitrogens with zero attached hydrogens (tertiary/aromatic N) is 4. The summed E-state index contributed by atoms with van der Waals surface area (Å²) in [6, 6.07) is 5.37. The summed E-state index contributed by atoms with van der Waals surface area (Å²) >= 11 is 18.4. The van der Waals surface area contributed by atoms with E-state index in [0.29, 0.717) is 10.0 Å². The lowest BCUT2D eigenvalue weighted by molar-refractivity contribution is 0.660. The van der Waals surface area contributed by atoms with E-state index in [1.54, 1.807) is 12.1 Å². The second-order valence-electron chi connectivity index (χ2n) is 4.67. The van der Waals surface area contributed by atoms with Gasteiger partial charge in [0.1, 0.15) is 11.3 Å². The number of alkyl halides is 1. The molecule has 0 amide bonds. The molecule has 7 heteroatoms. The van der Waals surface area contributed by atoms with Gasteiger partial charge >= 0.3 is 0 Å². The lowest BCUT2D eigenvalue weighted by atomic mass is 10.3. The van der Waals surface area contributed by atoms with Crippen LogP contribution in [0.15, 0.2) is 18.2 Å². The highest BCUT2D eigenvalue weighted by molar-refractivity contribution is 6.35. The Balaban J connectivity index is 2.39. The first-order valence-electron chi connectivity index (χ1n) is 6.53. The number of rotatable bonds is 3. The number of benzene rings is 1. The van der Waals surface area contributed by atoms with E-state index >= 15 is 0 Å². The van der Waals surface area contributed by atoms with Gasteiger partial charge in [0.15, 0.2) is 5.65 Å². The average Bonchev–Trinajstić information content (AvgIpc) is 2.97. The van der Waals surface area contributed by atoms with Gasteiger partial charge in [0.05, 0.1) is 22.3 Å². The minimum Gasteiger partial charge on any atom is -0.278 e. The molecule has 0 bridgehead atoms. The molecule has 3 rings (SSSR count). The SMILES string of the molecule is CCn1nc(C)c2nc(CCl)n(-c3ccc(Cl)cc3Cl)c21. The largest absolute Gasteiger partial charge is 0.278 e. The molecule has 2 heterocycles. The van der Waals surface area contributed by atoms with Crippen molar-refractivity contribution in [2.24, 2.45) is 0 Å². The number of aromatic nitrogens is 4. The van der Waals surface area contributed by atoms with Crippen LogP contribution < -0.4 is 0 Å². The van der Waals surface area contributed by atoms with Crippen LogP contribution >= 0.6 is 34.8 Å². The Kier molecular flexibility index (Phi) is 3.86. The van der Waals surface area contributed by atoms with Crippen LogP contribution in [0.25, 0.3) is 16.9 Å². The Hall–Kier alpha value is -1.23. The van der Waals surface area contributed by atoms with E-state index in [1.165, 1.54) is 0 Å². The standard InChI is InChI=1S/C14H13Cl3N4/c1-3-20-14-13(8(2)19-20)18-12(7-15)21(14)11-5-4-9(16)6-10(11)17/h4-6H,3,7H2,1-2H3. The maximum Gasteiger partial charge on any atom is 0.163 e. The first-order chi connectivity index (χ1) is 10.1. The number of fused-ring (bicyclic) bond motifs is 1. The molecule has 21 heavy (non-hydrogen) atoms. The summed E-state index contributed by atoms with van der Waals surface area (Å²) in [5.74, 6) is 1.02. The van der Waals surface area contributed by atoms with Crippen molar-refractivity contribution in [1.29, 1.82) is 0 Å². The van der Waals surface area contributed by atoms with E-state index in [4.69, 9.17) is 34.8 Å². The molecule has 0 spiro atoms. The van der Waals surface area contributed by atoms with Crippen LogP contribution in [0.2, 0.25) is 10.0 Å². The van der Waals surface area contributed by atoms with E-state index in [9.17, 15) is 0 Å². The van der Waals surface area contributed by atoms with Gasteiger partial charge in [0, 0.05) is 11.6 Å². The summed E-state index contributed by atoms with van der Waals surface area (Å²) in [5, 5.41) is 5.64. The molecule has 0 saturated carbocycles. The van der Waals surface area contributed by atoms with Gasteiger partial charge in [0.25, 0.3) is 0 Å². The molecule has 0 saturated heterocycles. The molecule has 0 N–H and O–H groups in total. The van der Waals surface area contributed by atoms with Crippen molar-refractivity contribution in [3.8, 4) is 5.69 Å². The van der Waals surface area contributed by atoms with Crippen molar-refractivity contribution in [2.45, 2.75) is 26.3 Å². The maximum absolute atomic E-state index is 6.35. The zero-order chi connectivity index (χ0) is 15.1. The van der Waals surface area contributed by atoms with Gasteiger partial charge in [-0.15, -0.1) is 11.6 Å². The molecule has 0 aliphatic rings. The van der Waals surface area contributed by atoms with Crippen molar-refractivity contribution < 1.29 is 0 Å². The predicted octanol–water partition coefficient (Wildman–Crippen LogP) is 4.60. The highest BCUT2D eigenvalue weighted by Gasteiger charge is 2.20. The molecule has 0 unspecified atom stereocenters. The molecular weight excluding hydrogens is 331 g/mol. The summed E-state index contributed by atoms with van der Waals surface area (Å²) in [7, 11) is 0. The third kappa shape index (κ3) is 2.31. The summed E-state index contributed by atoms with van der Waals surface area (Å²) in [6.07, 6.45) is 0. The lowest BCUT2D eigenvalue weighted by Gasteiger charge is -2.11. The molecule has 0 fully saturated rings. The van der Waals surface area contributed by atoms with Crippen LogP contribution in [0.5, 0.6) is 0 Å². The van der Waals surface area contributed by atoms with Crippen LogP contribution in [-0.2, 0) is 12.4 Å². The third-order valence-electron chi connectivity index (χ3n) is 3.35. The Labute approximate surface area is 137 Å². The van der Waals surface area contributed by atoms with Gasteiger partial charge in [-0.3, -0.25) is 4.57 Å². The number of aryl methyl sites for hydroxylation is 2. The molecule has 0 aliphatic heterocycles. The quantitative estimate of drug-likeness (QED) is 0.652. The third-order valence-corrected chi connectivity index (χ3v) is 4.13. The first-order valence-corrected chi connectivity index (χ1v) is 7.82. The van der Waals surface area contributed by atoms with Crippen LogP contribution in [0.4, 0.5) is 0 Å². The van der Waals surface area contributed by atoms with Crippen molar-refractivity contribution in [3.05, 3.63) is 39.8 Å². The Morgan fingerprint density at radius 1 is 1.24 bits per heavy atom.